The molecule has 3 nitrogen and oxygen atoms in total. The average Bonchev–Trinajstić information content (AvgIpc) is 2.92. The molecule has 0 unspecified atom stereocenters. The van der Waals surface area contributed by atoms with Gasteiger partial charge in [0.1, 0.15) is 12.4 Å². The Hall–Kier alpha value is -1.09. The highest BCUT2D eigenvalue weighted by Crippen LogP contribution is 2.43. The fourth-order valence-electron chi connectivity index (χ4n) is 2.54. The normalized spacial score (nSPS) is 23.2. The lowest BCUT2D eigenvalue weighted by molar-refractivity contribution is 0.141. The molecule has 1 aliphatic heterocycles. The molecule has 1 aliphatic carbocycles. The first kappa shape index (κ1) is 10.1. The van der Waals surface area contributed by atoms with Crippen LogP contribution in [0.1, 0.15) is 25.7 Å². The summed E-state index contributed by atoms with van der Waals surface area (Å²) in [5.74, 6) is 0.896. The van der Waals surface area contributed by atoms with E-state index < -0.39 is 0 Å². The molecule has 0 amide bonds. The van der Waals surface area contributed by atoms with Crippen LogP contribution in [0.25, 0.3) is 0 Å². The minimum absolute atomic E-state index is 0.367. The summed E-state index contributed by atoms with van der Waals surface area (Å²) in [4.78, 5) is 6.68. The summed E-state index contributed by atoms with van der Waals surface area (Å²) in [5, 5.41) is 0. The largest absolute Gasteiger partial charge is 0.490 e. The molecule has 1 saturated carbocycles. The van der Waals surface area contributed by atoms with Crippen molar-refractivity contribution in [2.75, 3.05) is 19.7 Å². The minimum Gasteiger partial charge on any atom is -0.490 e. The molecule has 1 saturated heterocycles. The molecular formula is C13H18N2O. The van der Waals surface area contributed by atoms with Gasteiger partial charge in [0.05, 0.1) is 11.7 Å². The number of hydrogen-bond acceptors (Lipinski definition) is 3. The molecule has 0 spiro atoms. The van der Waals surface area contributed by atoms with Gasteiger partial charge in [-0.1, -0.05) is 0 Å². The Kier molecular flexibility index (Phi) is 2.56. The van der Waals surface area contributed by atoms with Crippen LogP contribution in [-0.2, 0) is 0 Å². The van der Waals surface area contributed by atoms with E-state index in [1.165, 1.54) is 38.8 Å². The quantitative estimate of drug-likeness (QED) is 0.773. The first-order valence-corrected chi connectivity index (χ1v) is 6.17. The fraction of sp³-hybridized carbons (Fsp3) is 0.615. The number of nitrogens with zero attached hydrogens (tertiary/aromatic N) is 2. The second-order valence-corrected chi connectivity index (χ2v) is 4.90. The van der Waals surface area contributed by atoms with E-state index in [9.17, 15) is 0 Å². The maximum absolute atomic E-state index is 5.84. The van der Waals surface area contributed by atoms with Crippen LogP contribution in [-0.4, -0.2) is 35.1 Å². The van der Waals surface area contributed by atoms with Crippen LogP contribution in [0.3, 0.4) is 0 Å². The molecule has 3 rings (SSSR count). The molecule has 0 radical (unpaired) electrons. The lowest BCUT2D eigenvalue weighted by Crippen LogP contribution is -2.39. The Morgan fingerprint density at radius 2 is 2.12 bits per heavy atom. The van der Waals surface area contributed by atoms with Crippen LogP contribution in [0.15, 0.2) is 24.5 Å². The van der Waals surface area contributed by atoms with Gasteiger partial charge in [-0.2, -0.15) is 0 Å². The summed E-state index contributed by atoms with van der Waals surface area (Å²) in [6.45, 7) is 3.35. The van der Waals surface area contributed by atoms with Gasteiger partial charge in [-0.3, -0.25) is 9.88 Å². The van der Waals surface area contributed by atoms with Crippen molar-refractivity contribution in [1.82, 2.24) is 9.88 Å². The molecule has 2 fully saturated rings. The first-order valence-electron chi connectivity index (χ1n) is 6.17. The monoisotopic (exact) mass is 218 g/mol. The number of aromatic nitrogens is 1. The van der Waals surface area contributed by atoms with Crippen molar-refractivity contribution in [1.29, 1.82) is 0 Å². The number of rotatable bonds is 4. The zero-order valence-electron chi connectivity index (χ0n) is 9.56. The maximum Gasteiger partial charge on any atom is 0.137 e. The molecule has 16 heavy (non-hydrogen) atoms. The number of pyridine rings is 1. The Morgan fingerprint density at radius 3 is 2.75 bits per heavy atom. The fourth-order valence-corrected chi connectivity index (χ4v) is 2.54. The van der Waals surface area contributed by atoms with Crippen molar-refractivity contribution < 1.29 is 4.74 Å². The predicted octanol–water partition coefficient (Wildman–Crippen LogP) is 2.09. The lowest BCUT2D eigenvalue weighted by Gasteiger charge is -2.27. The van der Waals surface area contributed by atoms with Gasteiger partial charge in [0.25, 0.3) is 0 Å². The Balaban J connectivity index is 1.58. The molecule has 0 bridgehead atoms. The molecule has 0 atom stereocenters. The Bertz CT molecular complexity index is 342. The molecule has 2 aliphatic rings. The summed E-state index contributed by atoms with van der Waals surface area (Å²) in [6.07, 6.45) is 8.88. The van der Waals surface area contributed by atoms with Crippen LogP contribution < -0.4 is 4.74 Å². The van der Waals surface area contributed by atoms with E-state index in [-0.39, 0.29) is 0 Å². The van der Waals surface area contributed by atoms with Gasteiger partial charge in [0.2, 0.25) is 0 Å². The summed E-state index contributed by atoms with van der Waals surface area (Å²) >= 11 is 0. The zero-order chi connectivity index (χ0) is 10.8. The third-order valence-corrected chi connectivity index (χ3v) is 3.75. The molecule has 0 aromatic carbocycles. The van der Waals surface area contributed by atoms with Gasteiger partial charge in [-0.15, -0.1) is 0 Å². The van der Waals surface area contributed by atoms with E-state index in [1.54, 1.807) is 12.4 Å². The molecule has 1 aromatic rings. The van der Waals surface area contributed by atoms with Crippen molar-refractivity contribution in [2.24, 2.45) is 0 Å². The van der Waals surface area contributed by atoms with E-state index in [0.29, 0.717) is 5.54 Å². The van der Waals surface area contributed by atoms with Gasteiger partial charge >= 0.3 is 0 Å². The standard InChI is InChI=1S/C13H18N2O/c1-2-9-15(8-1)13(5-6-13)11-16-12-4-3-7-14-10-12/h3-4,7,10H,1-2,5-6,8-9,11H2. The van der Waals surface area contributed by atoms with Crippen LogP contribution in [0.5, 0.6) is 5.75 Å². The molecule has 2 heterocycles. The zero-order valence-corrected chi connectivity index (χ0v) is 9.56. The van der Waals surface area contributed by atoms with Gasteiger partial charge in [-0.25, -0.2) is 0 Å². The van der Waals surface area contributed by atoms with Crippen molar-refractivity contribution in [3.8, 4) is 5.75 Å². The highest BCUT2D eigenvalue weighted by atomic mass is 16.5. The van der Waals surface area contributed by atoms with Gasteiger partial charge in [-0.05, 0) is 50.9 Å². The summed E-state index contributed by atoms with van der Waals surface area (Å²) in [5.41, 5.74) is 0.367. The van der Waals surface area contributed by atoms with Crippen molar-refractivity contribution in [3.63, 3.8) is 0 Å². The molecule has 1 aromatic heterocycles. The van der Waals surface area contributed by atoms with Gasteiger partial charge in [0.15, 0.2) is 0 Å². The van der Waals surface area contributed by atoms with E-state index in [0.717, 1.165) is 12.4 Å². The van der Waals surface area contributed by atoms with Crippen LogP contribution >= 0.6 is 0 Å². The van der Waals surface area contributed by atoms with E-state index in [1.807, 2.05) is 12.1 Å². The smallest absolute Gasteiger partial charge is 0.137 e. The topological polar surface area (TPSA) is 25.4 Å². The number of likely N-dealkylation sites (tertiary alicyclic amines) is 1. The number of ether oxygens (including phenoxy) is 1. The van der Waals surface area contributed by atoms with E-state index in [2.05, 4.69) is 9.88 Å². The third kappa shape index (κ3) is 1.92. The number of hydrogen-bond donors (Lipinski definition) is 0. The Labute approximate surface area is 96.4 Å². The van der Waals surface area contributed by atoms with Gasteiger partial charge < -0.3 is 4.74 Å². The molecule has 0 N–H and O–H groups in total. The second-order valence-electron chi connectivity index (χ2n) is 4.90. The van der Waals surface area contributed by atoms with Crippen molar-refractivity contribution >= 4 is 0 Å². The second kappa shape index (κ2) is 4.06. The lowest BCUT2D eigenvalue weighted by atomic mass is 10.2. The summed E-state index contributed by atoms with van der Waals surface area (Å²) < 4.78 is 5.84. The van der Waals surface area contributed by atoms with Gasteiger partial charge in [0, 0.05) is 6.20 Å². The third-order valence-electron chi connectivity index (χ3n) is 3.75. The highest BCUT2D eigenvalue weighted by molar-refractivity contribution is 5.17. The summed E-state index contributed by atoms with van der Waals surface area (Å²) in [6, 6.07) is 3.90. The predicted molar refractivity (Wildman–Crippen MR) is 62.5 cm³/mol. The maximum atomic E-state index is 5.84. The van der Waals surface area contributed by atoms with E-state index >= 15 is 0 Å². The molecule has 86 valence electrons. The minimum atomic E-state index is 0.367. The van der Waals surface area contributed by atoms with Crippen LogP contribution in [0.2, 0.25) is 0 Å². The molecule has 3 heteroatoms. The summed E-state index contributed by atoms with van der Waals surface area (Å²) in [7, 11) is 0. The highest BCUT2D eigenvalue weighted by Gasteiger charge is 2.49. The van der Waals surface area contributed by atoms with Crippen molar-refractivity contribution in [3.05, 3.63) is 24.5 Å². The molecular weight excluding hydrogens is 200 g/mol. The van der Waals surface area contributed by atoms with Crippen LogP contribution in [0, 0.1) is 0 Å². The Morgan fingerprint density at radius 1 is 1.31 bits per heavy atom. The SMILES string of the molecule is c1cncc(OCC2(N3CCCC3)CC2)c1. The van der Waals surface area contributed by atoms with Crippen LogP contribution in [0.4, 0.5) is 0 Å². The van der Waals surface area contributed by atoms with Crippen molar-refractivity contribution in [2.45, 2.75) is 31.2 Å². The van der Waals surface area contributed by atoms with E-state index in [4.69, 9.17) is 4.74 Å². The average molecular weight is 218 g/mol. The first-order chi connectivity index (χ1) is 7.89.